The van der Waals surface area contributed by atoms with Crippen LogP contribution in [-0.4, -0.2) is 80.4 Å². The molecule has 0 unspecified atom stereocenters. The van der Waals surface area contributed by atoms with Crippen molar-refractivity contribution in [3.8, 4) is 0 Å². The summed E-state index contributed by atoms with van der Waals surface area (Å²) < 4.78 is 0. The van der Waals surface area contributed by atoms with Gasteiger partial charge in [-0.25, -0.2) is 0 Å². The lowest BCUT2D eigenvalue weighted by molar-refractivity contribution is 0.129. The molecule has 0 aromatic rings. The smallest absolute Gasteiger partial charge is 0.0110 e. The summed E-state index contributed by atoms with van der Waals surface area (Å²) in [5.74, 6) is 1.02. The van der Waals surface area contributed by atoms with Crippen molar-refractivity contribution < 1.29 is 0 Å². The van der Waals surface area contributed by atoms with Crippen molar-refractivity contribution in [3.63, 3.8) is 0 Å². The Morgan fingerprint density at radius 2 is 1.44 bits per heavy atom. The van der Waals surface area contributed by atoms with Crippen LogP contribution in [0.25, 0.3) is 0 Å². The zero-order valence-corrected chi connectivity index (χ0v) is 11.8. The van der Waals surface area contributed by atoms with Gasteiger partial charge in [0, 0.05) is 26.2 Å². The van der Waals surface area contributed by atoms with Crippen LogP contribution in [0.2, 0.25) is 0 Å². The lowest BCUT2D eigenvalue weighted by atomic mass is 10.2. The molecule has 1 heterocycles. The SMILES string of the molecule is CN(C)CCCN1CCN(CCCS)CC1. The molecule has 1 aliphatic heterocycles. The van der Waals surface area contributed by atoms with E-state index in [1.807, 2.05) is 0 Å². The molecule has 1 fully saturated rings. The minimum absolute atomic E-state index is 1.02. The molecule has 0 aromatic carbocycles. The maximum atomic E-state index is 4.26. The third-order valence-corrected chi connectivity index (χ3v) is 3.49. The zero-order chi connectivity index (χ0) is 11.8. The molecule has 0 saturated carbocycles. The molecule has 16 heavy (non-hydrogen) atoms. The van der Waals surface area contributed by atoms with E-state index >= 15 is 0 Å². The van der Waals surface area contributed by atoms with Crippen LogP contribution in [0.3, 0.4) is 0 Å². The summed E-state index contributed by atoms with van der Waals surface area (Å²) in [6, 6.07) is 0. The quantitative estimate of drug-likeness (QED) is 0.668. The molecule has 3 nitrogen and oxygen atoms in total. The highest BCUT2D eigenvalue weighted by molar-refractivity contribution is 7.80. The maximum Gasteiger partial charge on any atom is 0.0110 e. The second kappa shape index (κ2) is 8.34. The molecular weight excluding hydrogens is 218 g/mol. The van der Waals surface area contributed by atoms with E-state index in [4.69, 9.17) is 0 Å². The molecule has 0 aliphatic carbocycles. The Balaban J connectivity index is 2.03. The van der Waals surface area contributed by atoms with Crippen LogP contribution in [0.5, 0.6) is 0 Å². The van der Waals surface area contributed by atoms with Crippen molar-refractivity contribution in [3.05, 3.63) is 0 Å². The number of hydrogen-bond acceptors (Lipinski definition) is 4. The Kier molecular flexibility index (Phi) is 7.45. The maximum absolute atomic E-state index is 4.26. The molecule has 1 rings (SSSR count). The molecule has 96 valence electrons. The van der Waals surface area contributed by atoms with E-state index in [1.165, 1.54) is 58.7 Å². The highest BCUT2D eigenvalue weighted by Gasteiger charge is 2.15. The number of nitrogens with zero attached hydrogens (tertiary/aromatic N) is 3. The van der Waals surface area contributed by atoms with E-state index in [0.29, 0.717) is 0 Å². The first-order valence-corrected chi connectivity index (χ1v) is 7.06. The van der Waals surface area contributed by atoms with Gasteiger partial charge in [0.25, 0.3) is 0 Å². The number of hydrogen-bond donors (Lipinski definition) is 1. The third kappa shape index (κ3) is 6.09. The summed E-state index contributed by atoms with van der Waals surface area (Å²) in [6.07, 6.45) is 2.52. The van der Waals surface area contributed by atoms with Gasteiger partial charge in [-0.2, -0.15) is 12.6 Å². The minimum Gasteiger partial charge on any atom is -0.309 e. The topological polar surface area (TPSA) is 9.72 Å². The second-order valence-electron chi connectivity index (χ2n) is 4.92. The van der Waals surface area contributed by atoms with E-state index in [2.05, 4.69) is 41.4 Å². The van der Waals surface area contributed by atoms with E-state index in [-0.39, 0.29) is 0 Å². The highest BCUT2D eigenvalue weighted by atomic mass is 32.1. The Morgan fingerprint density at radius 1 is 0.938 bits per heavy atom. The Hall–Kier alpha value is 0.230. The van der Waals surface area contributed by atoms with Crippen LogP contribution in [0.1, 0.15) is 12.8 Å². The highest BCUT2D eigenvalue weighted by Crippen LogP contribution is 2.03. The normalized spacial score (nSPS) is 19.5. The summed E-state index contributed by atoms with van der Waals surface area (Å²) in [7, 11) is 4.30. The summed E-state index contributed by atoms with van der Waals surface area (Å²) in [5.41, 5.74) is 0. The van der Waals surface area contributed by atoms with Crippen molar-refractivity contribution >= 4 is 12.6 Å². The Labute approximate surface area is 106 Å². The van der Waals surface area contributed by atoms with Gasteiger partial charge in [-0.05, 0) is 52.3 Å². The monoisotopic (exact) mass is 245 g/mol. The first kappa shape index (κ1) is 14.3. The third-order valence-electron chi connectivity index (χ3n) is 3.18. The minimum atomic E-state index is 1.02. The lowest BCUT2D eigenvalue weighted by Crippen LogP contribution is -2.47. The van der Waals surface area contributed by atoms with E-state index in [1.54, 1.807) is 0 Å². The molecular formula is C12H27N3S. The molecule has 0 amide bonds. The lowest BCUT2D eigenvalue weighted by Gasteiger charge is -2.34. The largest absolute Gasteiger partial charge is 0.309 e. The van der Waals surface area contributed by atoms with Crippen molar-refractivity contribution in [1.29, 1.82) is 0 Å². The molecule has 0 bridgehead atoms. The molecule has 1 saturated heterocycles. The molecule has 0 N–H and O–H groups in total. The fraction of sp³-hybridized carbons (Fsp3) is 1.00. The van der Waals surface area contributed by atoms with Gasteiger partial charge in [0.2, 0.25) is 0 Å². The van der Waals surface area contributed by atoms with Gasteiger partial charge in [0.05, 0.1) is 0 Å². The molecule has 0 spiro atoms. The Morgan fingerprint density at radius 3 is 1.88 bits per heavy atom. The first-order valence-electron chi connectivity index (χ1n) is 6.42. The standard InChI is InChI=1S/C12H27N3S/c1-13(2)5-3-6-14-8-10-15(11-9-14)7-4-12-16/h16H,3-12H2,1-2H3. The van der Waals surface area contributed by atoms with Crippen molar-refractivity contribution in [2.75, 3.05) is 65.7 Å². The van der Waals surface area contributed by atoms with E-state index < -0.39 is 0 Å². The van der Waals surface area contributed by atoms with Gasteiger partial charge in [-0.1, -0.05) is 0 Å². The summed E-state index contributed by atoms with van der Waals surface area (Å²) >= 11 is 4.26. The van der Waals surface area contributed by atoms with Crippen LogP contribution in [0.15, 0.2) is 0 Å². The number of piperazine rings is 1. The fourth-order valence-electron chi connectivity index (χ4n) is 2.14. The van der Waals surface area contributed by atoms with Gasteiger partial charge in [0.15, 0.2) is 0 Å². The molecule has 4 heteroatoms. The van der Waals surface area contributed by atoms with E-state index in [0.717, 1.165) is 5.75 Å². The zero-order valence-electron chi connectivity index (χ0n) is 10.9. The fourth-order valence-corrected chi connectivity index (χ4v) is 2.28. The predicted molar refractivity (Wildman–Crippen MR) is 74.5 cm³/mol. The molecule has 1 aliphatic rings. The van der Waals surface area contributed by atoms with Crippen LogP contribution in [-0.2, 0) is 0 Å². The Bertz CT molecular complexity index is 168. The summed E-state index contributed by atoms with van der Waals surface area (Å²) in [4.78, 5) is 7.43. The van der Waals surface area contributed by atoms with Gasteiger partial charge < -0.3 is 14.7 Å². The van der Waals surface area contributed by atoms with Crippen molar-refractivity contribution in [1.82, 2.24) is 14.7 Å². The van der Waals surface area contributed by atoms with Gasteiger partial charge in [0.1, 0.15) is 0 Å². The predicted octanol–water partition coefficient (Wildman–Crippen LogP) is 0.876. The van der Waals surface area contributed by atoms with Gasteiger partial charge in [-0.3, -0.25) is 0 Å². The van der Waals surface area contributed by atoms with Crippen LogP contribution in [0, 0.1) is 0 Å². The summed E-state index contributed by atoms with van der Waals surface area (Å²) in [5, 5.41) is 0. The van der Waals surface area contributed by atoms with Crippen LogP contribution < -0.4 is 0 Å². The molecule has 0 atom stereocenters. The van der Waals surface area contributed by atoms with Gasteiger partial charge in [-0.15, -0.1) is 0 Å². The summed E-state index contributed by atoms with van der Waals surface area (Å²) in [6.45, 7) is 8.69. The average Bonchev–Trinajstić information content (AvgIpc) is 2.27. The van der Waals surface area contributed by atoms with E-state index in [9.17, 15) is 0 Å². The number of rotatable bonds is 7. The first-order chi connectivity index (χ1) is 7.72. The molecule has 0 aromatic heterocycles. The van der Waals surface area contributed by atoms with Gasteiger partial charge >= 0.3 is 0 Å². The average molecular weight is 245 g/mol. The van der Waals surface area contributed by atoms with Crippen LogP contribution >= 0.6 is 12.6 Å². The molecule has 0 radical (unpaired) electrons. The number of thiol groups is 1. The second-order valence-corrected chi connectivity index (χ2v) is 5.36. The van der Waals surface area contributed by atoms with Crippen molar-refractivity contribution in [2.24, 2.45) is 0 Å². The van der Waals surface area contributed by atoms with Crippen molar-refractivity contribution in [2.45, 2.75) is 12.8 Å². The van der Waals surface area contributed by atoms with Crippen LogP contribution in [0.4, 0.5) is 0 Å².